The van der Waals surface area contributed by atoms with E-state index in [-0.39, 0.29) is 25.0 Å². The van der Waals surface area contributed by atoms with Gasteiger partial charge in [0.05, 0.1) is 14.5 Å². The van der Waals surface area contributed by atoms with Crippen LogP contribution in [0.2, 0.25) is 10.0 Å². The normalized spacial score (nSPS) is 12.1. The highest BCUT2D eigenvalue weighted by atomic mass is 79.9. The van der Waals surface area contributed by atoms with Crippen LogP contribution in [0.5, 0.6) is 5.75 Å². The number of ether oxygens (including phenoxy) is 1. The van der Waals surface area contributed by atoms with Crippen molar-refractivity contribution < 1.29 is 14.3 Å². The summed E-state index contributed by atoms with van der Waals surface area (Å²) >= 11 is 15.8. The van der Waals surface area contributed by atoms with Crippen LogP contribution in [0.1, 0.15) is 58.1 Å². The molecule has 2 aromatic rings. The zero-order valence-corrected chi connectivity index (χ0v) is 23.4. The largest absolute Gasteiger partial charge is 0.483 e. The molecular formula is C26H33BrCl2N2O3. The standard InChI is InChI=1S/C26H33BrCl2N2O3/c1-6-23(26(33)30-13-16(2)3)31(14-18-7-9-21(28)22(29)11-18)25(32)15-34-24-10-8-19(17(4)5)12-20(24)27/h7-12,16-17,23H,6,13-15H2,1-5H3,(H,30,33)/t23-/m1/s1. The Balaban J connectivity index is 2.25. The second-order valence-corrected chi connectivity index (χ2v) is 10.6. The number of rotatable bonds is 11. The van der Waals surface area contributed by atoms with Crippen LogP contribution in [0.15, 0.2) is 40.9 Å². The molecule has 0 spiro atoms. The van der Waals surface area contributed by atoms with Crippen molar-refractivity contribution in [2.24, 2.45) is 5.92 Å². The Hall–Kier alpha value is -1.76. The van der Waals surface area contributed by atoms with Gasteiger partial charge in [-0.3, -0.25) is 9.59 Å². The third-order valence-electron chi connectivity index (χ3n) is 5.38. The molecule has 0 saturated heterocycles. The molecule has 34 heavy (non-hydrogen) atoms. The fourth-order valence-corrected chi connectivity index (χ4v) is 4.22. The molecule has 0 aliphatic carbocycles. The number of carbonyl (C=O) groups excluding carboxylic acids is 2. The summed E-state index contributed by atoms with van der Waals surface area (Å²) in [6, 6.07) is 10.4. The average Bonchev–Trinajstić information content (AvgIpc) is 2.78. The van der Waals surface area contributed by atoms with Crippen LogP contribution in [-0.4, -0.2) is 35.9 Å². The fraction of sp³-hybridized carbons (Fsp3) is 0.462. The van der Waals surface area contributed by atoms with Crippen molar-refractivity contribution in [3.63, 3.8) is 0 Å². The van der Waals surface area contributed by atoms with Gasteiger partial charge in [-0.05, 0) is 69.6 Å². The number of hydrogen-bond donors (Lipinski definition) is 1. The summed E-state index contributed by atoms with van der Waals surface area (Å²) in [7, 11) is 0. The highest BCUT2D eigenvalue weighted by Gasteiger charge is 2.29. The number of benzene rings is 2. The van der Waals surface area contributed by atoms with Gasteiger partial charge in [0.15, 0.2) is 6.61 Å². The molecule has 0 radical (unpaired) electrons. The monoisotopic (exact) mass is 570 g/mol. The maximum absolute atomic E-state index is 13.3. The highest BCUT2D eigenvalue weighted by Crippen LogP contribution is 2.29. The lowest BCUT2D eigenvalue weighted by molar-refractivity contribution is -0.143. The number of halogens is 3. The summed E-state index contributed by atoms with van der Waals surface area (Å²) in [5.41, 5.74) is 1.94. The Kier molecular flexibility index (Phi) is 11.2. The first-order valence-electron chi connectivity index (χ1n) is 11.5. The van der Waals surface area contributed by atoms with Gasteiger partial charge >= 0.3 is 0 Å². The van der Waals surface area contributed by atoms with E-state index < -0.39 is 6.04 Å². The molecule has 2 aromatic carbocycles. The Morgan fingerprint density at radius 1 is 1.06 bits per heavy atom. The van der Waals surface area contributed by atoms with E-state index in [1.807, 2.05) is 39.0 Å². The van der Waals surface area contributed by atoms with Crippen molar-refractivity contribution in [3.8, 4) is 5.75 Å². The molecule has 0 unspecified atom stereocenters. The van der Waals surface area contributed by atoms with Gasteiger partial charge in [0.1, 0.15) is 11.8 Å². The molecule has 186 valence electrons. The maximum Gasteiger partial charge on any atom is 0.261 e. The van der Waals surface area contributed by atoms with E-state index in [4.69, 9.17) is 27.9 Å². The number of amides is 2. The van der Waals surface area contributed by atoms with Gasteiger partial charge in [0.2, 0.25) is 5.91 Å². The quantitative estimate of drug-likeness (QED) is 0.321. The van der Waals surface area contributed by atoms with Crippen molar-refractivity contribution in [1.82, 2.24) is 10.2 Å². The van der Waals surface area contributed by atoms with Crippen LogP contribution in [0.3, 0.4) is 0 Å². The van der Waals surface area contributed by atoms with Crippen molar-refractivity contribution >= 4 is 50.9 Å². The lowest BCUT2D eigenvalue weighted by Crippen LogP contribution is -2.50. The van der Waals surface area contributed by atoms with E-state index in [2.05, 4.69) is 35.1 Å². The topological polar surface area (TPSA) is 58.6 Å². The first kappa shape index (κ1) is 28.5. The molecule has 0 saturated carbocycles. The molecule has 1 atom stereocenters. The third-order valence-corrected chi connectivity index (χ3v) is 6.74. The Morgan fingerprint density at radius 3 is 2.32 bits per heavy atom. The molecule has 2 amide bonds. The molecule has 5 nitrogen and oxygen atoms in total. The molecule has 0 fully saturated rings. The predicted octanol–water partition coefficient (Wildman–Crippen LogP) is 6.84. The van der Waals surface area contributed by atoms with Gasteiger partial charge in [-0.15, -0.1) is 0 Å². The Morgan fingerprint density at radius 2 is 1.76 bits per heavy atom. The molecule has 8 heteroatoms. The van der Waals surface area contributed by atoms with Gasteiger partial charge in [0.25, 0.3) is 5.91 Å². The fourth-order valence-electron chi connectivity index (χ4n) is 3.39. The number of nitrogens with one attached hydrogen (secondary N) is 1. The summed E-state index contributed by atoms with van der Waals surface area (Å²) < 4.78 is 6.63. The second kappa shape index (κ2) is 13.4. The average molecular weight is 572 g/mol. The van der Waals surface area contributed by atoms with Crippen LogP contribution in [0.25, 0.3) is 0 Å². The molecule has 2 rings (SSSR count). The molecule has 0 aliphatic heterocycles. The van der Waals surface area contributed by atoms with Crippen LogP contribution >= 0.6 is 39.1 Å². The number of nitrogens with zero attached hydrogens (tertiary/aromatic N) is 1. The summed E-state index contributed by atoms with van der Waals surface area (Å²) in [6.07, 6.45) is 0.462. The van der Waals surface area contributed by atoms with Crippen LogP contribution < -0.4 is 10.1 Å². The van der Waals surface area contributed by atoms with E-state index in [1.54, 1.807) is 23.1 Å². The second-order valence-electron chi connectivity index (χ2n) is 8.97. The van der Waals surface area contributed by atoms with E-state index in [1.165, 1.54) is 5.56 Å². The Labute approximate surface area is 221 Å². The lowest BCUT2D eigenvalue weighted by atomic mass is 10.0. The van der Waals surface area contributed by atoms with Gasteiger partial charge in [-0.25, -0.2) is 0 Å². The first-order valence-corrected chi connectivity index (χ1v) is 13.0. The molecule has 1 N–H and O–H groups in total. The molecular weight excluding hydrogens is 539 g/mol. The molecule has 0 aromatic heterocycles. The van der Waals surface area contributed by atoms with Gasteiger partial charge in [0, 0.05) is 13.1 Å². The van der Waals surface area contributed by atoms with E-state index in [0.29, 0.717) is 40.6 Å². The molecule has 0 bridgehead atoms. The predicted molar refractivity (Wildman–Crippen MR) is 143 cm³/mol. The van der Waals surface area contributed by atoms with Crippen molar-refractivity contribution in [2.75, 3.05) is 13.2 Å². The minimum Gasteiger partial charge on any atom is -0.483 e. The highest BCUT2D eigenvalue weighted by molar-refractivity contribution is 9.10. The maximum atomic E-state index is 13.3. The Bertz CT molecular complexity index is 998. The summed E-state index contributed by atoms with van der Waals surface area (Å²) in [5, 5.41) is 3.78. The van der Waals surface area contributed by atoms with E-state index >= 15 is 0 Å². The van der Waals surface area contributed by atoms with Crippen molar-refractivity contribution in [3.05, 3.63) is 62.0 Å². The molecule has 0 aliphatic rings. The summed E-state index contributed by atoms with van der Waals surface area (Å²) in [4.78, 5) is 27.9. The summed E-state index contributed by atoms with van der Waals surface area (Å²) in [5.74, 6) is 0.771. The zero-order chi connectivity index (χ0) is 25.4. The van der Waals surface area contributed by atoms with Gasteiger partial charge < -0.3 is 15.0 Å². The minimum absolute atomic E-state index is 0.188. The number of hydrogen-bond acceptors (Lipinski definition) is 3. The van der Waals surface area contributed by atoms with E-state index in [0.717, 1.165) is 10.0 Å². The summed E-state index contributed by atoms with van der Waals surface area (Å²) in [6.45, 7) is 10.7. The lowest BCUT2D eigenvalue weighted by Gasteiger charge is -2.31. The van der Waals surface area contributed by atoms with Gasteiger partial charge in [-0.2, -0.15) is 0 Å². The van der Waals surface area contributed by atoms with Gasteiger partial charge in [-0.1, -0.05) is 70.0 Å². The smallest absolute Gasteiger partial charge is 0.261 e. The van der Waals surface area contributed by atoms with Crippen LogP contribution in [-0.2, 0) is 16.1 Å². The minimum atomic E-state index is -0.643. The molecule has 0 heterocycles. The van der Waals surface area contributed by atoms with Crippen LogP contribution in [0, 0.1) is 5.92 Å². The zero-order valence-electron chi connectivity index (χ0n) is 20.3. The van der Waals surface area contributed by atoms with Crippen molar-refractivity contribution in [2.45, 2.75) is 59.5 Å². The first-order chi connectivity index (χ1) is 16.0. The van der Waals surface area contributed by atoms with Crippen LogP contribution in [0.4, 0.5) is 0 Å². The van der Waals surface area contributed by atoms with E-state index in [9.17, 15) is 9.59 Å². The number of carbonyl (C=O) groups is 2. The SMILES string of the molecule is CC[C@H](C(=O)NCC(C)C)N(Cc1ccc(Cl)c(Cl)c1)C(=O)COc1ccc(C(C)C)cc1Br. The third kappa shape index (κ3) is 8.17. The van der Waals surface area contributed by atoms with Crippen molar-refractivity contribution in [1.29, 1.82) is 0 Å².